The van der Waals surface area contributed by atoms with Crippen LogP contribution < -0.4 is 5.32 Å². The predicted molar refractivity (Wildman–Crippen MR) is 57.3 cm³/mol. The van der Waals surface area contributed by atoms with E-state index in [1.807, 2.05) is 0 Å². The molecule has 0 aromatic carbocycles. The third kappa shape index (κ3) is 3.56. The van der Waals surface area contributed by atoms with Crippen molar-refractivity contribution in [1.29, 1.82) is 0 Å². The second kappa shape index (κ2) is 5.69. The van der Waals surface area contributed by atoms with E-state index in [0.29, 0.717) is 5.92 Å². The van der Waals surface area contributed by atoms with E-state index in [1.54, 1.807) is 0 Å². The van der Waals surface area contributed by atoms with E-state index in [2.05, 4.69) is 19.2 Å². The Morgan fingerprint density at radius 3 is 2.86 bits per heavy atom. The first-order valence-electron chi connectivity index (χ1n) is 5.59. The molecule has 0 aliphatic carbocycles. The van der Waals surface area contributed by atoms with Gasteiger partial charge in [0, 0.05) is 31.7 Å². The van der Waals surface area contributed by atoms with Crippen LogP contribution in [0.3, 0.4) is 0 Å². The maximum absolute atomic E-state index is 9.21. The summed E-state index contributed by atoms with van der Waals surface area (Å²) >= 11 is 0. The summed E-state index contributed by atoms with van der Waals surface area (Å²) in [6.07, 6.45) is 2.19. The summed E-state index contributed by atoms with van der Waals surface area (Å²) in [7, 11) is 0. The molecule has 2 N–H and O–H groups in total. The molecule has 84 valence electrons. The monoisotopic (exact) mass is 201 g/mol. The van der Waals surface area contributed by atoms with Gasteiger partial charge in [-0.3, -0.25) is 0 Å². The first-order chi connectivity index (χ1) is 6.70. The lowest BCUT2D eigenvalue weighted by atomic mass is 9.88. The van der Waals surface area contributed by atoms with E-state index < -0.39 is 0 Å². The molecule has 0 amide bonds. The van der Waals surface area contributed by atoms with Crippen LogP contribution in [0.15, 0.2) is 0 Å². The van der Waals surface area contributed by atoms with Crippen LogP contribution in [0.2, 0.25) is 0 Å². The fourth-order valence-corrected chi connectivity index (χ4v) is 1.62. The molecule has 0 saturated carbocycles. The number of aliphatic hydroxyl groups excluding tert-OH is 1. The number of hydrogen-bond donors (Lipinski definition) is 2. The van der Waals surface area contributed by atoms with Crippen molar-refractivity contribution < 1.29 is 9.84 Å². The van der Waals surface area contributed by atoms with Gasteiger partial charge in [-0.2, -0.15) is 0 Å². The molecular weight excluding hydrogens is 178 g/mol. The third-order valence-electron chi connectivity index (χ3n) is 3.24. The lowest BCUT2D eigenvalue weighted by Gasteiger charge is -2.26. The summed E-state index contributed by atoms with van der Waals surface area (Å²) in [5, 5.41) is 12.6. The first kappa shape index (κ1) is 12.0. The van der Waals surface area contributed by atoms with Crippen molar-refractivity contribution in [2.75, 3.05) is 32.9 Å². The van der Waals surface area contributed by atoms with Crippen LogP contribution in [0.4, 0.5) is 0 Å². The number of aliphatic hydroxyl groups is 1. The molecule has 2 atom stereocenters. The smallest absolute Gasteiger partial charge is 0.0507 e. The van der Waals surface area contributed by atoms with Crippen LogP contribution in [-0.4, -0.2) is 38.0 Å². The minimum atomic E-state index is 0.0411. The van der Waals surface area contributed by atoms with E-state index in [-0.39, 0.29) is 12.0 Å². The topological polar surface area (TPSA) is 41.5 Å². The van der Waals surface area contributed by atoms with E-state index in [1.165, 1.54) is 6.42 Å². The number of hydrogen-bond acceptors (Lipinski definition) is 3. The van der Waals surface area contributed by atoms with Gasteiger partial charge in [-0.15, -0.1) is 0 Å². The summed E-state index contributed by atoms with van der Waals surface area (Å²) in [6, 6.07) is 0. The zero-order valence-corrected chi connectivity index (χ0v) is 9.38. The Morgan fingerprint density at radius 1 is 1.57 bits per heavy atom. The Labute approximate surface area is 86.8 Å². The van der Waals surface area contributed by atoms with Crippen molar-refractivity contribution in [3.05, 3.63) is 0 Å². The Balaban J connectivity index is 2.12. The maximum atomic E-state index is 9.21. The predicted octanol–water partition coefficient (Wildman–Crippen LogP) is 1.02. The summed E-state index contributed by atoms with van der Waals surface area (Å²) in [4.78, 5) is 0. The van der Waals surface area contributed by atoms with Gasteiger partial charge < -0.3 is 15.2 Å². The molecule has 1 rings (SSSR count). The summed E-state index contributed by atoms with van der Waals surface area (Å²) < 4.78 is 5.30. The van der Waals surface area contributed by atoms with Crippen molar-refractivity contribution in [2.24, 2.45) is 11.3 Å². The molecule has 0 spiro atoms. The standard InChI is InChI=1S/C11H23NO2/c1-3-11(2,9-13)8-12-6-10-4-5-14-7-10/h10,12-13H,3-9H2,1-2H3. The van der Waals surface area contributed by atoms with Crippen molar-refractivity contribution in [3.63, 3.8) is 0 Å². The van der Waals surface area contributed by atoms with Gasteiger partial charge in [0.05, 0.1) is 6.61 Å². The molecule has 1 saturated heterocycles. The van der Waals surface area contributed by atoms with Crippen molar-refractivity contribution in [1.82, 2.24) is 5.32 Å². The molecule has 3 heteroatoms. The first-order valence-corrected chi connectivity index (χ1v) is 5.59. The van der Waals surface area contributed by atoms with Gasteiger partial charge in [0.15, 0.2) is 0 Å². The Morgan fingerprint density at radius 2 is 2.36 bits per heavy atom. The van der Waals surface area contributed by atoms with Crippen LogP contribution >= 0.6 is 0 Å². The van der Waals surface area contributed by atoms with E-state index >= 15 is 0 Å². The van der Waals surface area contributed by atoms with Gasteiger partial charge in [-0.1, -0.05) is 13.8 Å². The molecule has 1 aliphatic rings. The van der Waals surface area contributed by atoms with Crippen LogP contribution in [0.1, 0.15) is 26.7 Å². The number of ether oxygens (including phenoxy) is 1. The van der Waals surface area contributed by atoms with Crippen LogP contribution in [-0.2, 0) is 4.74 Å². The summed E-state index contributed by atoms with van der Waals surface area (Å²) in [5.41, 5.74) is 0.0411. The van der Waals surface area contributed by atoms with Gasteiger partial charge in [0.2, 0.25) is 0 Å². The molecule has 0 aromatic rings. The summed E-state index contributed by atoms with van der Waals surface area (Å²) in [6.45, 7) is 8.23. The fraction of sp³-hybridized carbons (Fsp3) is 1.00. The van der Waals surface area contributed by atoms with Crippen LogP contribution in [0.5, 0.6) is 0 Å². The van der Waals surface area contributed by atoms with Gasteiger partial charge in [0.1, 0.15) is 0 Å². The lowest BCUT2D eigenvalue weighted by Crippen LogP contribution is -2.36. The largest absolute Gasteiger partial charge is 0.396 e. The van der Waals surface area contributed by atoms with E-state index in [0.717, 1.165) is 32.7 Å². The molecule has 2 unspecified atom stereocenters. The van der Waals surface area contributed by atoms with Crippen molar-refractivity contribution in [2.45, 2.75) is 26.7 Å². The highest BCUT2D eigenvalue weighted by atomic mass is 16.5. The molecule has 3 nitrogen and oxygen atoms in total. The van der Waals surface area contributed by atoms with E-state index in [4.69, 9.17) is 4.74 Å². The third-order valence-corrected chi connectivity index (χ3v) is 3.24. The highest BCUT2D eigenvalue weighted by molar-refractivity contribution is 4.76. The SMILES string of the molecule is CCC(C)(CO)CNCC1CCOC1. The molecule has 0 bridgehead atoms. The summed E-state index contributed by atoms with van der Waals surface area (Å²) in [5.74, 6) is 0.676. The quantitative estimate of drug-likeness (QED) is 0.674. The van der Waals surface area contributed by atoms with Crippen LogP contribution in [0.25, 0.3) is 0 Å². The molecule has 1 fully saturated rings. The van der Waals surface area contributed by atoms with Crippen molar-refractivity contribution in [3.8, 4) is 0 Å². The van der Waals surface area contributed by atoms with Crippen molar-refractivity contribution >= 4 is 0 Å². The molecule has 0 aromatic heterocycles. The highest BCUT2D eigenvalue weighted by Gasteiger charge is 2.21. The highest BCUT2D eigenvalue weighted by Crippen LogP contribution is 2.19. The average molecular weight is 201 g/mol. The van der Waals surface area contributed by atoms with Gasteiger partial charge >= 0.3 is 0 Å². The van der Waals surface area contributed by atoms with Gasteiger partial charge in [0.25, 0.3) is 0 Å². The Hall–Kier alpha value is -0.120. The second-order valence-electron chi connectivity index (χ2n) is 4.68. The molecule has 1 heterocycles. The molecule has 1 aliphatic heterocycles. The van der Waals surface area contributed by atoms with Gasteiger partial charge in [-0.25, -0.2) is 0 Å². The normalized spacial score (nSPS) is 26.4. The lowest BCUT2D eigenvalue weighted by molar-refractivity contribution is 0.133. The minimum absolute atomic E-state index is 0.0411. The van der Waals surface area contributed by atoms with Crippen LogP contribution in [0, 0.1) is 11.3 Å². The molecular formula is C11H23NO2. The molecule has 0 radical (unpaired) electrons. The zero-order chi connectivity index (χ0) is 10.4. The Bertz CT molecular complexity index is 151. The fourth-order valence-electron chi connectivity index (χ4n) is 1.62. The number of rotatable bonds is 6. The Kier molecular flexibility index (Phi) is 4.85. The van der Waals surface area contributed by atoms with E-state index in [9.17, 15) is 5.11 Å². The molecule has 14 heavy (non-hydrogen) atoms. The maximum Gasteiger partial charge on any atom is 0.0507 e. The second-order valence-corrected chi connectivity index (χ2v) is 4.68. The van der Waals surface area contributed by atoms with Gasteiger partial charge in [-0.05, 0) is 18.8 Å². The number of nitrogens with one attached hydrogen (secondary N) is 1. The average Bonchev–Trinajstić information content (AvgIpc) is 2.70. The minimum Gasteiger partial charge on any atom is -0.396 e. The zero-order valence-electron chi connectivity index (χ0n) is 9.38.